The summed E-state index contributed by atoms with van der Waals surface area (Å²) in [5.74, 6) is 0. The van der Waals surface area contributed by atoms with Crippen molar-refractivity contribution >= 4 is 6.09 Å². The van der Waals surface area contributed by atoms with Crippen LogP contribution in [0.1, 0.15) is 52.3 Å². The van der Waals surface area contributed by atoms with Crippen LogP contribution in [0.4, 0.5) is 4.79 Å². The number of nitrogens with one attached hydrogen (secondary N) is 1. The summed E-state index contributed by atoms with van der Waals surface area (Å²) in [5, 5.41) is 2.89. The van der Waals surface area contributed by atoms with E-state index in [1.807, 2.05) is 32.3 Å². The van der Waals surface area contributed by atoms with Crippen molar-refractivity contribution in [1.82, 2.24) is 14.9 Å². The van der Waals surface area contributed by atoms with Gasteiger partial charge in [-0.25, -0.2) is 9.78 Å². The number of carbonyl (C=O) groups excluding carboxylic acids is 1. The van der Waals surface area contributed by atoms with Crippen LogP contribution in [0.2, 0.25) is 0 Å². The molecule has 0 unspecified atom stereocenters. The minimum atomic E-state index is -0.498. The van der Waals surface area contributed by atoms with E-state index in [1.165, 1.54) is 0 Å². The summed E-state index contributed by atoms with van der Waals surface area (Å²) in [6.45, 7) is 8.99. The van der Waals surface area contributed by atoms with Gasteiger partial charge in [-0.15, -0.1) is 0 Å². The van der Waals surface area contributed by atoms with Crippen LogP contribution >= 0.6 is 0 Å². The monoisotopic (exact) mass is 282 g/mol. The third kappa shape index (κ3) is 5.21. The fourth-order valence-corrected chi connectivity index (χ4v) is 1.90. The quantitative estimate of drug-likeness (QED) is 0.838. The average Bonchev–Trinajstić information content (AvgIpc) is 2.79. The van der Waals surface area contributed by atoms with E-state index in [0.717, 1.165) is 25.1 Å². The van der Waals surface area contributed by atoms with Crippen molar-refractivity contribution in [3.8, 4) is 0 Å². The number of alkyl carbamates (subject to hydrolysis) is 1. The van der Waals surface area contributed by atoms with Crippen LogP contribution in [0.5, 0.6) is 0 Å². The van der Waals surface area contributed by atoms with Crippen LogP contribution in [-0.4, -0.2) is 27.8 Å². The molecule has 0 aliphatic rings. The molecule has 114 valence electrons. The Morgan fingerprint density at radius 3 is 2.80 bits per heavy atom. The van der Waals surface area contributed by atoms with Gasteiger partial charge in [0.05, 0.1) is 24.3 Å². The molecule has 1 amide bonds. The molecular formula is C14H26N4O2. The number of hydrogen-bond donors (Lipinski definition) is 2. The molecule has 0 bridgehead atoms. The number of aryl methyl sites for hydroxylation is 1. The van der Waals surface area contributed by atoms with E-state index in [4.69, 9.17) is 10.5 Å². The topological polar surface area (TPSA) is 82.2 Å². The molecule has 1 aromatic rings. The van der Waals surface area contributed by atoms with Crippen LogP contribution in [0.25, 0.3) is 0 Å². The Labute approximate surface area is 120 Å². The number of nitrogens with two attached hydrogens (primary N) is 1. The molecule has 6 nitrogen and oxygen atoms in total. The van der Waals surface area contributed by atoms with E-state index in [0.29, 0.717) is 6.54 Å². The first-order chi connectivity index (χ1) is 9.37. The number of carbonyl (C=O) groups is 1. The lowest BCUT2D eigenvalue weighted by Crippen LogP contribution is -2.35. The highest BCUT2D eigenvalue weighted by molar-refractivity contribution is 5.68. The number of imidazole rings is 1. The molecule has 0 fully saturated rings. The average molecular weight is 282 g/mol. The van der Waals surface area contributed by atoms with Crippen molar-refractivity contribution in [2.45, 2.75) is 58.7 Å². The van der Waals surface area contributed by atoms with Crippen LogP contribution in [-0.2, 0) is 11.3 Å². The molecular weight excluding hydrogens is 256 g/mol. The molecule has 0 aliphatic carbocycles. The lowest BCUT2D eigenvalue weighted by molar-refractivity contribution is 0.0500. The Morgan fingerprint density at radius 1 is 1.55 bits per heavy atom. The maximum absolute atomic E-state index is 11.9. The van der Waals surface area contributed by atoms with Gasteiger partial charge in [-0.1, -0.05) is 6.92 Å². The van der Waals surface area contributed by atoms with E-state index < -0.39 is 11.7 Å². The van der Waals surface area contributed by atoms with Gasteiger partial charge in [-0.2, -0.15) is 0 Å². The molecule has 1 heterocycles. The molecule has 0 aliphatic heterocycles. The van der Waals surface area contributed by atoms with Gasteiger partial charge in [-0.3, -0.25) is 0 Å². The molecule has 0 saturated carbocycles. The number of amides is 1. The highest BCUT2D eigenvalue weighted by Gasteiger charge is 2.21. The Balaban J connectivity index is 2.71. The van der Waals surface area contributed by atoms with Crippen molar-refractivity contribution in [2.75, 3.05) is 6.54 Å². The molecule has 0 radical (unpaired) electrons. The van der Waals surface area contributed by atoms with Gasteiger partial charge >= 0.3 is 6.09 Å². The Bertz CT molecular complexity index is 423. The first kappa shape index (κ1) is 16.5. The number of rotatable bonds is 6. The molecule has 1 aromatic heterocycles. The number of nitrogens with zero attached hydrogens (tertiary/aromatic N) is 2. The number of ether oxygens (including phenoxy) is 1. The number of aromatic nitrogens is 2. The molecule has 3 N–H and O–H groups in total. The molecule has 20 heavy (non-hydrogen) atoms. The molecule has 0 spiro atoms. The number of hydrogen-bond acceptors (Lipinski definition) is 4. The second-order valence-corrected chi connectivity index (χ2v) is 5.76. The van der Waals surface area contributed by atoms with Gasteiger partial charge < -0.3 is 20.4 Å². The maximum atomic E-state index is 11.9. The largest absolute Gasteiger partial charge is 0.444 e. The van der Waals surface area contributed by atoms with Crippen molar-refractivity contribution in [1.29, 1.82) is 0 Å². The Kier molecular flexibility index (Phi) is 6.01. The summed E-state index contributed by atoms with van der Waals surface area (Å²) in [7, 11) is 0. The predicted octanol–water partition coefficient (Wildman–Crippen LogP) is 2.21. The third-order valence-electron chi connectivity index (χ3n) is 2.80. The molecule has 0 aromatic carbocycles. The van der Waals surface area contributed by atoms with Crippen molar-refractivity contribution in [3.05, 3.63) is 18.2 Å². The SMILES string of the molecule is CC[C@@H](NC(=O)OC(C)(C)C)c1cncn1CCCN. The van der Waals surface area contributed by atoms with Crippen LogP contribution in [0, 0.1) is 0 Å². The fourth-order valence-electron chi connectivity index (χ4n) is 1.90. The maximum Gasteiger partial charge on any atom is 0.408 e. The van der Waals surface area contributed by atoms with E-state index in [9.17, 15) is 4.79 Å². The molecule has 1 rings (SSSR count). The lowest BCUT2D eigenvalue weighted by Gasteiger charge is -2.23. The highest BCUT2D eigenvalue weighted by Crippen LogP contribution is 2.17. The summed E-state index contributed by atoms with van der Waals surface area (Å²) < 4.78 is 7.32. The van der Waals surface area contributed by atoms with E-state index in [-0.39, 0.29) is 6.04 Å². The van der Waals surface area contributed by atoms with Crippen LogP contribution in [0.15, 0.2) is 12.5 Å². The normalized spacial score (nSPS) is 13.1. The Morgan fingerprint density at radius 2 is 2.25 bits per heavy atom. The summed E-state index contributed by atoms with van der Waals surface area (Å²) in [5.41, 5.74) is 6.01. The van der Waals surface area contributed by atoms with E-state index in [1.54, 1.807) is 12.5 Å². The van der Waals surface area contributed by atoms with Crippen molar-refractivity contribution in [3.63, 3.8) is 0 Å². The summed E-state index contributed by atoms with van der Waals surface area (Å²) in [4.78, 5) is 16.0. The Hall–Kier alpha value is -1.56. The first-order valence-electron chi connectivity index (χ1n) is 7.07. The van der Waals surface area contributed by atoms with Crippen molar-refractivity contribution in [2.24, 2.45) is 5.73 Å². The summed E-state index contributed by atoms with van der Waals surface area (Å²) in [6, 6.07) is -0.106. The lowest BCUT2D eigenvalue weighted by atomic mass is 10.1. The van der Waals surface area contributed by atoms with Crippen LogP contribution in [0.3, 0.4) is 0 Å². The predicted molar refractivity (Wildman–Crippen MR) is 78.3 cm³/mol. The van der Waals surface area contributed by atoms with Gasteiger partial charge in [-0.05, 0) is 40.2 Å². The van der Waals surface area contributed by atoms with Gasteiger partial charge in [0.25, 0.3) is 0 Å². The molecule has 1 atom stereocenters. The molecule has 0 saturated heterocycles. The second-order valence-electron chi connectivity index (χ2n) is 5.76. The van der Waals surface area contributed by atoms with E-state index in [2.05, 4.69) is 10.3 Å². The van der Waals surface area contributed by atoms with Gasteiger partial charge in [0, 0.05) is 6.54 Å². The minimum absolute atomic E-state index is 0.106. The first-order valence-corrected chi connectivity index (χ1v) is 7.07. The van der Waals surface area contributed by atoms with E-state index >= 15 is 0 Å². The summed E-state index contributed by atoms with van der Waals surface area (Å²) >= 11 is 0. The van der Waals surface area contributed by atoms with Gasteiger partial charge in [0.1, 0.15) is 5.60 Å². The summed E-state index contributed by atoms with van der Waals surface area (Å²) in [6.07, 6.45) is 4.79. The standard InChI is InChI=1S/C14H26N4O2/c1-5-11(17-13(19)20-14(2,3)4)12-9-16-10-18(12)8-6-7-15/h9-11H,5-8,15H2,1-4H3,(H,17,19)/t11-/m1/s1. The van der Waals surface area contributed by atoms with Crippen molar-refractivity contribution < 1.29 is 9.53 Å². The zero-order chi connectivity index (χ0) is 15.2. The van der Waals surface area contributed by atoms with Gasteiger partial charge in [0.15, 0.2) is 0 Å². The van der Waals surface area contributed by atoms with Gasteiger partial charge in [0.2, 0.25) is 0 Å². The third-order valence-corrected chi connectivity index (χ3v) is 2.80. The zero-order valence-electron chi connectivity index (χ0n) is 12.8. The molecule has 6 heteroatoms. The highest BCUT2D eigenvalue weighted by atomic mass is 16.6. The minimum Gasteiger partial charge on any atom is -0.444 e. The zero-order valence-corrected chi connectivity index (χ0v) is 12.8. The van der Waals surface area contributed by atoms with Crippen LogP contribution < -0.4 is 11.1 Å². The second kappa shape index (κ2) is 7.28. The smallest absolute Gasteiger partial charge is 0.408 e. The fraction of sp³-hybridized carbons (Fsp3) is 0.714.